The molecule has 0 aliphatic heterocycles. The van der Waals surface area contributed by atoms with Gasteiger partial charge in [0.05, 0.1) is 5.25 Å². The second kappa shape index (κ2) is 8.21. The van der Waals surface area contributed by atoms with Crippen LogP contribution in [0.2, 0.25) is 0 Å². The summed E-state index contributed by atoms with van der Waals surface area (Å²) < 4.78 is 2.08. The minimum absolute atomic E-state index is 0.189. The predicted octanol–water partition coefficient (Wildman–Crippen LogP) is 2.81. The first-order chi connectivity index (χ1) is 12.1. The molecule has 0 bridgehead atoms. The van der Waals surface area contributed by atoms with Crippen LogP contribution in [0.4, 0.5) is 4.79 Å². The van der Waals surface area contributed by atoms with Crippen molar-refractivity contribution < 1.29 is 9.59 Å². The van der Waals surface area contributed by atoms with Crippen molar-refractivity contribution in [1.29, 1.82) is 0 Å². The summed E-state index contributed by atoms with van der Waals surface area (Å²) >= 11 is 1.35. The Hall–Kier alpha value is -1.57. The molecule has 3 rings (SSSR count). The number of amides is 3. The highest BCUT2D eigenvalue weighted by molar-refractivity contribution is 8.00. The van der Waals surface area contributed by atoms with Gasteiger partial charge in [0, 0.05) is 18.5 Å². The molecule has 0 spiro atoms. The van der Waals surface area contributed by atoms with Gasteiger partial charge in [0.25, 0.3) is 0 Å². The summed E-state index contributed by atoms with van der Waals surface area (Å²) in [6.45, 7) is 4.64. The first-order valence-corrected chi connectivity index (χ1v) is 10.2. The van der Waals surface area contributed by atoms with Crippen molar-refractivity contribution in [2.24, 2.45) is 0 Å². The average Bonchev–Trinajstić information content (AvgIpc) is 3.36. The Labute approximate surface area is 152 Å². The molecule has 2 aliphatic rings. The number of imide groups is 1. The van der Waals surface area contributed by atoms with Crippen LogP contribution in [0.1, 0.15) is 70.5 Å². The van der Waals surface area contributed by atoms with E-state index in [-0.39, 0.29) is 18.0 Å². The summed E-state index contributed by atoms with van der Waals surface area (Å²) in [6, 6.07) is -0.200. The van der Waals surface area contributed by atoms with E-state index in [1.165, 1.54) is 31.0 Å². The van der Waals surface area contributed by atoms with Crippen LogP contribution in [-0.4, -0.2) is 38.0 Å². The van der Waals surface area contributed by atoms with Crippen molar-refractivity contribution in [2.75, 3.05) is 0 Å². The fourth-order valence-electron chi connectivity index (χ4n) is 3.22. The Morgan fingerprint density at radius 3 is 2.56 bits per heavy atom. The normalized spacial score (nSPS) is 19.4. The maximum Gasteiger partial charge on any atom is 0.321 e. The van der Waals surface area contributed by atoms with Crippen molar-refractivity contribution in [3.63, 3.8) is 0 Å². The number of thioether (sulfide) groups is 1. The molecule has 0 saturated heterocycles. The number of urea groups is 1. The number of aromatic nitrogens is 3. The van der Waals surface area contributed by atoms with E-state index in [2.05, 4.69) is 32.3 Å². The molecule has 0 unspecified atom stereocenters. The molecule has 2 saturated carbocycles. The quantitative estimate of drug-likeness (QED) is 0.757. The van der Waals surface area contributed by atoms with E-state index in [9.17, 15) is 9.59 Å². The molecule has 1 aromatic rings. The summed E-state index contributed by atoms with van der Waals surface area (Å²) in [5.41, 5.74) is 0. The smallest absolute Gasteiger partial charge is 0.321 e. The van der Waals surface area contributed by atoms with Gasteiger partial charge in [0.15, 0.2) is 5.16 Å². The number of carbonyl (C=O) groups excluding carboxylic acids is 2. The highest BCUT2D eigenvalue weighted by Crippen LogP contribution is 2.40. The van der Waals surface area contributed by atoms with Crippen LogP contribution in [-0.2, 0) is 11.3 Å². The van der Waals surface area contributed by atoms with E-state index in [4.69, 9.17) is 0 Å². The number of rotatable bonds is 6. The van der Waals surface area contributed by atoms with E-state index >= 15 is 0 Å². The lowest BCUT2D eigenvalue weighted by Gasteiger charge is -2.23. The van der Waals surface area contributed by atoms with Crippen molar-refractivity contribution in [3.8, 4) is 0 Å². The zero-order valence-electron chi connectivity index (χ0n) is 15.0. The van der Waals surface area contributed by atoms with Gasteiger partial charge >= 0.3 is 6.03 Å². The molecule has 2 N–H and O–H groups in total. The molecule has 3 amide bonds. The van der Waals surface area contributed by atoms with Gasteiger partial charge in [-0.05, 0) is 39.5 Å². The molecule has 0 radical (unpaired) electrons. The van der Waals surface area contributed by atoms with Crippen molar-refractivity contribution >= 4 is 23.7 Å². The van der Waals surface area contributed by atoms with Crippen LogP contribution < -0.4 is 10.6 Å². The van der Waals surface area contributed by atoms with Crippen LogP contribution in [0.5, 0.6) is 0 Å². The number of nitrogens with one attached hydrogen (secondary N) is 2. The highest BCUT2D eigenvalue weighted by atomic mass is 32.2. The fraction of sp³-hybridized carbons (Fsp3) is 0.765. The number of nitrogens with zero attached hydrogens (tertiary/aromatic N) is 3. The molecule has 1 atom stereocenters. The molecular formula is C17H27N5O2S. The monoisotopic (exact) mass is 365 g/mol. The van der Waals surface area contributed by atoms with Gasteiger partial charge in [0.2, 0.25) is 5.91 Å². The van der Waals surface area contributed by atoms with Gasteiger partial charge in [-0.1, -0.05) is 31.0 Å². The van der Waals surface area contributed by atoms with Crippen LogP contribution >= 0.6 is 11.8 Å². The minimum atomic E-state index is -0.404. The average molecular weight is 366 g/mol. The third-order valence-corrected chi connectivity index (χ3v) is 5.91. The summed E-state index contributed by atoms with van der Waals surface area (Å²) in [6.07, 6.45) is 7.83. The summed E-state index contributed by atoms with van der Waals surface area (Å²) in [7, 11) is 0. The fourth-order valence-corrected chi connectivity index (χ4v) is 4.14. The number of hydrogen-bond acceptors (Lipinski definition) is 5. The molecule has 25 heavy (non-hydrogen) atoms. The summed E-state index contributed by atoms with van der Waals surface area (Å²) in [5.74, 6) is 1.25. The Morgan fingerprint density at radius 2 is 1.92 bits per heavy atom. The molecule has 1 aromatic heterocycles. The van der Waals surface area contributed by atoms with Gasteiger partial charge in [-0.25, -0.2) is 4.79 Å². The first kappa shape index (κ1) is 18.2. The van der Waals surface area contributed by atoms with Gasteiger partial charge in [-0.3, -0.25) is 10.1 Å². The standard InChI is InChI=1S/C17H27N5O2S/c1-3-22-14(12-9-10-12)20-21-17(22)25-11(2)15(23)19-16(24)18-13-7-5-4-6-8-13/h11-13H,3-10H2,1-2H3,(H2,18,19,23,24)/t11-/m1/s1. The Morgan fingerprint density at radius 1 is 1.20 bits per heavy atom. The van der Waals surface area contributed by atoms with Crippen molar-refractivity contribution in [3.05, 3.63) is 5.82 Å². The lowest BCUT2D eigenvalue weighted by molar-refractivity contribution is -0.119. The third-order valence-electron chi connectivity index (χ3n) is 4.83. The topological polar surface area (TPSA) is 88.9 Å². The van der Waals surface area contributed by atoms with E-state index in [1.54, 1.807) is 6.92 Å². The lowest BCUT2D eigenvalue weighted by atomic mass is 9.96. The Balaban J connectivity index is 1.51. The molecule has 7 nitrogen and oxygen atoms in total. The Bertz CT molecular complexity index is 623. The van der Waals surface area contributed by atoms with Crippen LogP contribution in [0, 0.1) is 0 Å². The van der Waals surface area contributed by atoms with Crippen molar-refractivity contribution in [2.45, 2.75) is 87.7 Å². The SMILES string of the molecule is CCn1c(S[C@H](C)C(=O)NC(=O)NC2CCCCC2)nnc1C1CC1. The van der Waals surface area contributed by atoms with Gasteiger partial charge in [-0.2, -0.15) is 0 Å². The number of hydrogen-bond donors (Lipinski definition) is 2. The molecular weight excluding hydrogens is 338 g/mol. The summed E-state index contributed by atoms with van der Waals surface area (Å²) in [4.78, 5) is 24.3. The molecule has 1 heterocycles. The predicted molar refractivity (Wildman–Crippen MR) is 96.5 cm³/mol. The van der Waals surface area contributed by atoms with Crippen LogP contribution in [0.3, 0.4) is 0 Å². The lowest BCUT2D eigenvalue weighted by Crippen LogP contribution is -2.47. The third kappa shape index (κ3) is 4.74. The van der Waals surface area contributed by atoms with Gasteiger partial charge < -0.3 is 9.88 Å². The van der Waals surface area contributed by atoms with E-state index < -0.39 is 5.25 Å². The molecule has 2 aliphatic carbocycles. The summed E-state index contributed by atoms with van der Waals surface area (Å²) in [5, 5.41) is 14.2. The maximum atomic E-state index is 12.3. The second-order valence-electron chi connectivity index (χ2n) is 6.92. The zero-order chi connectivity index (χ0) is 17.8. The van der Waals surface area contributed by atoms with Crippen molar-refractivity contribution in [1.82, 2.24) is 25.4 Å². The van der Waals surface area contributed by atoms with Crippen LogP contribution in [0.25, 0.3) is 0 Å². The Kier molecular flexibility index (Phi) is 5.98. The van der Waals surface area contributed by atoms with E-state index in [0.29, 0.717) is 5.92 Å². The largest absolute Gasteiger partial charge is 0.335 e. The van der Waals surface area contributed by atoms with E-state index in [0.717, 1.165) is 43.2 Å². The van der Waals surface area contributed by atoms with Gasteiger partial charge in [0.1, 0.15) is 5.82 Å². The molecule has 0 aromatic carbocycles. The molecule has 2 fully saturated rings. The highest BCUT2D eigenvalue weighted by Gasteiger charge is 2.31. The first-order valence-electron chi connectivity index (χ1n) is 9.29. The van der Waals surface area contributed by atoms with Crippen LogP contribution in [0.15, 0.2) is 5.16 Å². The minimum Gasteiger partial charge on any atom is -0.335 e. The van der Waals surface area contributed by atoms with Gasteiger partial charge in [-0.15, -0.1) is 10.2 Å². The molecule has 8 heteroatoms. The number of carbonyl (C=O) groups is 2. The second-order valence-corrected chi connectivity index (χ2v) is 8.22. The zero-order valence-corrected chi connectivity index (χ0v) is 15.8. The maximum absolute atomic E-state index is 12.3. The van der Waals surface area contributed by atoms with E-state index in [1.807, 2.05) is 0 Å². The molecule has 138 valence electrons.